The van der Waals surface area contributed by atoms with Gasteiger partial charge in [0.25, 0.3) is 0 Å². The van der Waals surface area contributed by atoms with Gasteiger partial charge in [0.2, 0.25) is 0 Å². The fourth-order valence-electron chi connectivity index (χ4n) is 8.73. The molecule has 10 aromatic rings. The monoisotopic (exact) mass is 731 g/mol. The maximum absolute atomic E-state index is 5.30. The number of thiophene rings is 1. The van der Waals surface area contributed by atoms with Crippen LogP contribution < -0.4 is 0 Å². The molecule has 0 N–H and O–H groups in total. The first-order chi connectivity index (χ1) is 27.8. The van der Waals surface area contributed by atoms with E-state index >= 15 is 0 Å². The van der Waals surface area contributed by atoms with Crippen LogP contribution in [-0.4, -0.2) is 15.0 Å². The molecule has 8 aromatic carbocycles. The van der Waals surface area contributed by atoms with Crippen molar-refractivity contribution >= 4 is 31.5 Å². The highest BCUT2D eigenvalue weighted by atomic mass is 32.1. The van der Waals surface area contributed by atoms with Crippen molar-refractivity contribution in [2.24, 2.45) is 0 Å². The molecule has 0 fully saturated rings. The van der Waals surface area contributed by atoms with Crippen molar-refractivity contribution in [2.75, 3.05) is 0 Å². The third kappa shape index (κ3) is 5.07. The van der Waals surface area contributed by atoms with Crippen LogP contribution in [0.5, 0.6) is 0 Å². The molecule has 0 amide bonds. The zero-order chi connectivity index (χ0) is 37.1. The van der Waals surface area contributed by atoms with Crippen molar-refractivity contribution in [3.63, 3.8) is 0 Å². The Morgan fingerprint density at radius 2 is 0.857 bits per heavy atom. The van der Waals surface area contributed by atoms with Crippen molar-refractivity contribution in [1.82, 2.24) is 15.0 Å². The Labute approximate surface area is 329 Å². The minimum absolute atomic E-state index is 0.551. The molecule has 0 spiro atoms. The zero-order valence-corrected chi connectivity index (χ0v) is 31.1. The van der Waals surface area contributed by atoms with E-state index in [1.54, 1.807) is 0 Å². The average molecular weight is 732 g/mol. The van der Waals surface area contributed by atoms with Gasteiger partial charge in [-0.3, -0.25) is 0 Å². The summed E-state index contributed by atoms with van der Waals surface area (Å²) in [6.45, 7) is 0. The van der Waals surface area contributed by atoms with E-state index in [1.807, 2.05) is 47.7 Å². The molecule has 4 heteroatoms. The summed E-state index contributed by atoms with van der Waals surface area (Å²) in [5, 5.41) is 2.52. The van der Waals surface area contributed by atoms with Crippen molar-refractivity contribution in [2.45, 2.75) is 5.41 Å². The lowest BCUT2D eigenvalue weighted by molar-refractivity contribution is 0.769. The summed E-state index contributed by atoms with van der Waals surface area (Å²) in [6.07, 6.45) is 0. The fourth-order valence-corrected chi connectivity index (χ4v) is 9.82. The highest BCUT2D eigenvalue weighted by molar-refractivity contribution is 7.25. The highest BCUT2D eigenvalue weighted by Gasteiger charge is 2.46. The van der Waals surface area contributed by atoms with Gasteiger partial charge in [-0.1, -0.05) is 170 Å². The molecular formula is C52H33N3S. The van der Waals surface area contributed by atoms with Crippen LogP contribution >= 0.6 is 11.3 Å². The van der Waals surface area contributed by atoms with Crippen molar-refractivity contribution in [3.05, 3.63) is 222 Å². The number of hydrogen-bond donors (Lipinski definition) is 0. The Balaban J connectivity index is 1.27. The molecule has 2 heterocycles. The van der Waals surface area contributed by atoms with Crippen LogP contribution in [0.4, 0.5) is 0 Å². The van der Waals surface area contributed by atoms with E-state index in [0.29, 0.717) is 17.5 Å². The molecule has 1 aliphatic carbocycles. The normalized spacial score (nSPS) is 12.8. The van der Waals surface area contributed by atoms with Crippen LogP contribution in [0.3, 0.4) is 0 Å². The number of rotatable bonds is 6. The Bertz CT molecular complexity index is 2970. The van der Waals surface area contributed by atoms with Crippen LogP contribution in [0.1, 0.15) is 22.3 Å². The molecule has 0 saturated heterocycles. The second-order valence-electron chi connectivity index (χ2n) is 14.3. The predicted molar refractivity (Wildman–Crippen MR) is 232 cm³/mol. The lowest BCUT2D eigenvalue weighted by Crippen LogP contribution is -2.28. The van der Waals surface area contributed by atoms with Gasteiger partial charge in [-0.05, 0) is 74.8 Å². The Morgan fingerprint density at radius 3 is 1.52 bits per heavy atom. The summed E-state index contributed by atoms with van der Waals surface area (Å²) < 4.78 is 2.56. The maximum Gasteiger partial charge on any atom is 0.164 e. The van der Waals surface area contributed by atoms with Gasteiger partial charge < -0.3 is 0 Å². The van der Waals surface area contributed by atoms with E-state index < -0.39 is 5.41 Å². The Hall–Kier alpha value is -7.01. The lowest BCUT2D eigenvalue weighted by atomic mass is 9.67. The lowest BCUT2D eigenvalue weighted by Gasteiger charge is -2.34. The Kier molecular flexibility index (Phi) is 7.58. The second kappa shape index (κ2) is 13.1. The second-order valence-corrected chi connectivity index (χ2v) is 15.4. The largest absolute Gasteiger partial charge is 0.208 e. The van der Waals surface area contributed by atoms with Gasteiger partial charge in [-0.2, -0.15) is 0 Å². The van der Waals surface area contributed by atoms with Crippen molar-refractivity contribution in [3.8, 4) is 56.4 Å². The van der Waals surface area contributed by atoms with Gasteiger partial charge in [0.05, 0.1) is 5.41 Å². The first-order valence-electron chi connectivity index (χ1n) is 18.9. The molecule has 56 heavy (non-hydrogen) atoms. The molecule has 0 saturated carbocycles. The first kappa shape index (κ1) is 32.4. The zero-order valence-electron chi connectivity index (χ0n) is 30.3. The number of hydrogen-bond acceptors (Lipinski definition) is 4. The van der Waals surface area contributed by atoms with Crippen molar-refractivity contribution < 1.29 is 0 Å². The molecule has 3 nitrogen and oxygen atoms in total. The number of aromatic nitrogens is 3. The molecule has 0 aliphatic heterocycles. The van der Waals surface area contributed by atoms with Gasteiger partial charge in [-0.15, -0.1) is 11.3 Å². The fraction of sp³-hybridized carbons (Fsp3) is 0.0192. The Morgan fingerprint density at radius 1 is 0.321 bits per heavy atom. The molecule has 1 aliphatic rings. The van der Waals surface area contributed by atoms with Crippen LogP contribution in [0.2, 0.25) is 0 Å². The van der Waals surface area contributed by atoms with Crippen LogP contribution in [0.15, 0.2) is 200 Å². The smallest absolute Gasteiger partial charge is 0.164 e. The topological polar surface area (TPSA) is 38.7 Å². The summed E-state index contributed by atoms with van der Waals surface area (Å²) in [5.41, 5.74) is 11.9. The van der Waals surface area contributed by atoms with Crippen LogP contribution in [0, 0.1) is 0 Å². The predicted octanol–water partition coefficient (Wildman–Crippen LogP) is 13.3. The molecule has 11 rings (SSSR count). The van der Waals surface area contributed by atoms with E-state index in [4.69, 9.17) is 15.0 Å². The van der Waals surface area contributed by atoms with Gasteiger partial charge >= 0.3 is 0 Å². The van der Waals surface area contributed by atoms with Gasteiger partial charge in [0.15, 0.2) is 17.5 Å². The van der Waals surface area contributed by atoms with Gasteiger partial charge in [0.1, 0.15) is 0 Å². The van der Waals surface area contributed by atoms with E-state index in [-0.39, 0.29) is 0 Å². The SMILES string of the molecule is c1ccc(-c2nc(-c3ccccc3)nc(-c3cc4c(cc3-c3ccc5sc6ccccc6c5c3)C(c3ccccc3)(c3ccccc3)c3ccccc3-4)n2)cc1. The number of nitrogens with zero attached hydrogens (tertiary/aromatic N) is 3. The molecule has 2 aromatic heterocycles. The molecular weight excluding hydrogens is 699 g/mol. The summed E-state index contributed by atoms with van der Waals surface area (Å²) in [5.74, 6) is 1.92. The first-order valence-corrected chi connectivity index (χ1v) is 19.8. The number of benzene rings is 8. The third-order valence-corrected chi connectivity index (χ3v) is 12.4. The summed E-state index contributed by atoms with van der Waals surface area (Å²) in [4.78, 5) is 15.7. The highest BCUT2D eigenvalue weighted by Crippen LogP contribution is 2.58. The third-order valence-electron chi connectivity index (χ3n) is 11.2. The molecule has 0 bridgehead atoms. The van der Waals surface area contributed by atoms with Gasteiger partial charge in [-0.25, -0.2) is 15.0 Å². The van der Waals surface area contributed by atoms with E-state index in [2.05, 4.69) is 164 Å². The average Bonchev–Trinajstić information content (AvgIpc) is 3.80. The summed E-state index contributed by atoms with van der Waals surface area (Å²) in [7, 11) is 0. The molecule has 262 valence electrons. The molecule has 0 atom stereocenters. The molecule has 0 radical (unpaired) electrons. The minimum Gasteiger partial charge on any atom is -0.208 e. The quantitative estimate of drug-likeness (QED) is 0.171. The van der Waals surface area contributed by atoms with Crippen LogP contribution in [0.25, 0.3) is 76.6 Å². The van der Waals surface area contributed by atoms with Crippen LogP contribution in [-0.2, 0) is 5.41 Å². The standard InChI is InChI=1S/C52H33N3S/c1-5-17-34(18-6-1)49-53-50(35-19-7-2-8-20-35)55-51(54-49)44-32-42-39-25-13-15-27-45(39)52(37-21-9-3-10-22-37,38-23-11-4-12-24-38)46(42)33-41(44)36-29-30-48-43(31-36)40-26-14-16-28-47(40)56-48/h1-33H. The van der Waals surface area contributed by atoms with Gasteiger partial charge in [0, 0.05) is 36.9 Å². The van der Waals surface area contributed by atoms with E-state index in [1.165, 1.54) is 53.6 Å². The summed E-state index contributed by atoms with van der Waals surface area (Å²) >= 11 is 1.84. The number of fused-ring (bicyclic) bond motifs is 6. The minimum atomic E-state index is -0.551. The molecule has 0 unspecified atom stereocenters. The maximum atomic E-state index is 5.30. The van der Waals surface area contributed by atoms with Crippen molar-refractivity contribution in [1.29, 1.82) is 0 Å². The summed E-state index contributed by atoms with van der Waals surface area (Å²) in [6, 6.07) is 71.7. The van der Waals surface area contributed by atoms with E-state index in [9.17, 15) is 0 Å². The van der Waals surface area contributed by atoms with E-state index in [0.717, 1.165) is 27.8 Å².